The fourth-order valence-electron chi connectivity index (χ4n) is 3.42. The zero-order valence-electron chi connectivity index (χ0n) is 16.7. The van der Waals surface area contributed by atoms with Gasteiger partial charge in [0.1, 0.15) is 17.2 Å². The minimum absolute atomic E-state index is 0.107. The lowest BCUT2D eigenvalue weighted by atomic mass is 9.95. The van der Waals surface area contributed by atoms with E-state index >= 15 is 0 Å². The molecule has 2 amide bonds. The summed E-state index contributed by atoms with van der Waals surface area (Å²) < 4.78 is 5.39. The van der Waals surface area contributed by atoms with Crippen molar-refractivity contribution in [2.75, 3.05) is 13.1 Å². The van der Waals surface area contributed by atoms with Crippen LogP contribution in [0.25, 0.3) is 0 Å². The number of hydrogen-bond acceptors (Lipinski definition) is 5. The topological polar surface area (TPSA) is 94.5 Å². The van der Waals surface area contributed by atoms with E-state index in [1.807, 2.05) is 26.8 Å². The highest BCUT2D eigenvalue weighted by atomic mass is 16.6. The van der Waals surface area contributed by atoms with Crippen LogP contribution in [0.5, 0.6) is 0 Å². The van der Waals surface area contributed by atoms with Crippen molar-refractivity contribution in [3.63, 3.8) is 0 Å². The molecule has 2 aliphatic rings. The van der Waals surface area contributed by atoms with Gasteiger partial charge in [-0.1, -0.05) is 19.3 Å². The Kier molecular flexibility index (Phi) is 7.52. The number of ether oxygens (including phenoxy) is 1. The summed E-state index contributed by atoms with van der Waals surface area (Å²) in [5.74, 6) is -0.303. The van der Waals surface area contributed by atoms with E-state index in [1.54, 1.807) is 4.90 Å². The number of nitrogens with one attached hydrogen (secondary N) is 2. The number of carbonyl (C=O) groups is 2. The fraction of sp³-hybridized carbons (Fsp3) is 0.750. The van der Waals surface area contributed by atoms with Crippen LogP contribution in [-0.2, 0) is 9.53 Å². The average Bonchev–Trinajstić information content (AvgIpc) is 2.62. The molecule has 1 aliphatic heterocycles. The molecule has 0 radical (unpaired) electrons. The predicted molar refractivity (Wildman–Crippen MR) is 103 cm³/mol. The Morgan fingerprint density at radius 3 is 2.26 bits per heavy atom. The van der Waals surface area contributed by atoms with Crippen molar-refractivity contribution < 1.29 is 14.3 Å². The standard InChI is InChI=1S/C20H32N4O3/c1-20(2,3)27-19(26)24-11-9-16(10-12-24)22-14-15(13-21)18(25)23-17-7-5-4-6-8-17/h14,16-17,22H,4-12H2,1-3H3,(H,23,25)/b15-14-. The molecule has 2 fully saturated rings. The molecule has 1 saturated carbocycles. The lowest BCUT2D eigenvalue weighted by molar-refractivity contribution is -0.118. The Balaban J connectivity index is 1.78. The van der Waals surface area contributed by atoms with Crippen LogP contribution in [-0.4, -0.2) is 47.7 Å². The van der Waals surface area contributed by atoms with Crippen LogP contribution in [0.2, 0.25) is 0 Å². The SMILES string of the molecule is CC(C)(C)OC(=O)N1CCC(N/C=C(/C#N)C(=O)NC2CCCCC2)CC1. The summed E-state index contributed by atoms with van der Waals surface area (Å²) in [6.45, 7) is 6.75. The third-order valence-corrected chi connectivity index (χ3v) is 4.92. The Hall–Kier alpha value is -2.23. The first kappa shape index (κ1) is 21.1. The highest BCUT2D eigenvalue weighted by molar-refractivity contribution is 5.97. The number of carbonyl (C=O) groups excluding carboxylic acids is 2. The van der Waals surface area contributed by atoms with Crippen molar-refractivity contribution >= 4 is 12.0 Å². The van der Waals surface area contributed by atoms with Gasteiger partial charge in [0.2, 0.25) is 0 Å². The molecule has 1 saturated heterocycles. The molecular weight excluding hydrogens is 344 g/mol. The smallest absolute Gasteiger partial charge is 0.410 e. The molecule has 1 aliphatic carbocycles. The monoisotopic (exact) mass is 376 g/mol. The largest absolute Gasteiger partial charge is 0.444 e. The second-order valence-corrected chi connectivity index (χ2v) is 8.39. The van der Waals surface area contributed by atoms with Gasteiger partial charge in [0.05, 0.1) is 0 Å². The van der Waals surface area contributed by atoms with E-state index in [0.717, 1.165) is 38.5 Å². The van der Waals surface area contributed by atoms with Gasteiger partial charge in [0, 0.05) is 31.4 Å². The van der Waals surface area contributed by atoms with E-state index in [1.165, 1.54) is 12.6 Å². The van der Waals surface area contributed by atoms with Crippen LogP contribution < -0.4 is 10.6 Å². The van der Waals surface area contributed by atoms with Gasteiger partial charge >= 0.3 is 6.09 Å². The van der Waals surface area contributed by atoms with E-state index in [0.29, 0.717) is 13.1 Å². The van der Waals surface area contributed by atoms with Crippen LogP contribution >= 0.6 is 0 Å². The molecule has 150 valence electrons. The van der Waals surface area contributed by atoms with Gasteiger partial charge < -0.3 is 20.3 Å². The average molecular weight is 377 g/mol. The molecule has 0 aromatic heterocycles. The number of piperidine rings is 1. The highest BCUT2D eigenvalue weighted by Gasteiger charge is 2.26. The fourth-order valence-corrected chi connectivity index (χ4v) is 3.42. The first-order chi connectivity index (χ1) is 12.8. The third-order valence-electron chi connectivity index (χ3n) is 4.92. The van der Waals surface area contributed by atoms with Crippen molar-refractivity contribution in [1.29, 1.82) is 5.26 Å². The summed E-state index contributed by atoms with van der Waals surface area (Å²) in [6, 6.07) is 2.30. The molecule has 0 spiro atoms. The minimum atomic E-state index is -0.498. The van der Waals surface area contributed by atoms with Crippen molar-refractivity contribution in [3.05, 3.63) is 11.8 Å². The van der Waals surface area contributed by atoms with E-state index in [9.17, 15) is 14.9 Å². The Labute approximate surface area is 162 Å². The Morgan fingerprint density at radius 2 is 1.70 bits per heavy atom. The second-order valence-electron chi connectivity index (χ2n) is 8.39. The molecule has 0 atom stereocenters. The van der Waals surface area contributed by atoms with E-state index in [-0.39, 0.29) is 29.7 Å². The van der Waals surface area contributed by atoms with Crippen molar-refractivity contribution in [1.82, 2.24) is 15.5 Å². The number of amides is 2. The maximum atomic E-state index is 12.3. The molecular formula is C20H32N4O3. The third kappa shape index (κ3) is 7.12. The van der Waals surface area contributed by atoms with E-state index < -0.39 is 5.60 Å². The maximum absolute atomic E-state index is 12.3. The lowest BCUT2D eigenvalue weighted by Crippen LogP contribution is -2.45. The summed E-state index contributed by atoms with van der Waals surface area (Å²) in [5, 5.41) is 15.4. The highest BCUT2D eigenvalue weighted by Crippen LogP contribution is 2.18. The normalized spacial score (nSPS) is 19.9. The number of nitriles is 1. The number of rotatable bonds is 4. The summed E-state index contributed by atoms with van der Waals surface area (Å²) in [6.07, 6.45) is 8.18. The maximum Gasteiger partial charge on any atom is 0.410 e. The minimum Gasteiger partial charge on any atom is -0.444 e. The zero-order valence-corrected chi connectivity index (χ0v) is 16.7. The molecule has 27 heavy (non-hydrogen) atoms. The summed E-state index contributed by atoms with van der Waals surface area (Å²) in [5.41, 5.74) is -0.391. The van der Waals surface area contributed by atoms with Crippen LogP contribution in [0.3, 0.4) is 0 Å². The predicted octanol–water partition coefficient (Wildman–Crippen LogP) is 2.83. The first-order valence-electron chi connectivity index (χ1n) is 9.93. The molecule has 7 nitrogen and oxygen atoms in total. The van der Waals surface area contributed by atoms with E-state index in [4.69, 9.17) is 4.74 Å². The van der Waals surface area contributed by atoms with Crippen molar-refractivity contribution in [3.8, 4) is 6.07 Å². The first-order valence-corrected chi connectivity index (χ1v) is 9.93. The van der Waals surface area contributed by atoms with Crippen LogP contribution in [0, 0.1) is 11.3 Å². The van der Waals surface area contributed by atoms with Gasteiger partial charge in [-0.05, 0) is 46.5 Å². The van der Waals surface area contributed by atoms with Crippen molar-refractivity contribution in [2.45, 2.75) is 83.4 Å². The van der Waals surface area contributed by atoms with Gasteiger partial charge in [0.25, 0.3) is 5.91 Å². The van der Waals surface area contributed by atoms with Crippen LogP contribution in [0.15, 0.2) is 11.8 Å². The summed E-state index contributed by atoms with van der Waals surface area (Å²) in [4.78, 5) is 26.1. The number of likely N-dealkylation sites (tertiary alicyclic amines) is 1. The van der Waals surface area contributed by atoms with Gasteiger partial charge in [-0.25, -0.2) is 4.79 Å². The summed E-state index contributed by atoms with van der Waals surface area (Å²) in [7, 11) is 0. The van der Waals surface area contributed by atoms with Gasteiger partial charge in [-0.15, -0.1) is 0 Å². The molecule has 0 aromatic carbocycles. The molecule has 2 N–H and O–H groups in total. The zero-order chi connectivity index (χ0) is 19.9. The Morgan fingerprint density at radius 1 is 1.07 bits per heavy atom. The molecule has 2 rings (SSSR count). The summed E-state index contributed by atoms with van der Waals surface area (Å²) >= 11 is 0. The quantitative estimate of drug-likeness (QED) is 0.581. The molecule has 7 heteroatoms. The van der Waals surface area contributed by atoms with Crippen molar-refractivity contribution in [2.24, 2.45) is 0 Å². The molecule has 0 unspecified atom stereocenters. The molecule has 0 aromatic rings. The molecule has 1 heterocycles. The van der Waals surface area contributed by atoms with Crippen LogP contribution in [0.1, 0.15) is 65.7 Å². The second kappa shape index (κ2) is 9.63. The van der Waals surface area contributed by atoms with Gasteiger partial charge in [-0.2, -0.15) is 5.26 Å². The number of hydrogen-bond donors (Lipinski definition) is 2. The Bertz CT molecular complexity index is 589. The van der Waals surface area contributed by atoms with E-state index in [2.05, 4.69) is 10.6 Å². The number of nitrogens with zero attached hydrogens (tertiary/aromatic N) is 2. The molecule has 0 bridgehead atoms. The lowest BCUT2D eigenvalue weighted by Gasteiger charge is -2.33. The van der Waals surface area contributed by atoms with Gasteiger partial charge in [-0.3, -0.25) is 4.79 Å². The van der Waals surface area contributed by atoms with Crippen LogP contribution in [0.4, 0.5) is 4.79 Å². The van der Waals surface area contributed by atoms with Gasteiger partial charge in [0.15, 0.2) is 0 Å².